The van der Waals surface area contributed by atoms with Gasteiger partial charge in [-0.05, 0) is 89.9 Å². The summed E-state index contributed by atoms with van der Waals surface area (Å²) in [6.07, 6.45) is 84.9. The quantitative estimate of drug-likeness (QED) is 0.0261. The molecule has 0 radical (unpaired) electrons. The lowest BCUT2D eigenvalue weighted by molar-refractivity contribution is -0.167. The second-order valence-corrected chi connectivity index (χ2v) is 22.4. The first kappa shape index (κ1) is 73.8. The van der Waals surface area contributed by atoms with Gasteiger partial charge in [0, 0.05) is 19.3 Å². The molecule has 77 heavy (non-hydrogen) atoms. The van der Waals surface area contributed by atoms with Crippen molar-refractivity contribution < 1.29 is 28.6 Å². The van der Waals surface area contributed by atoms with E-state index in [1.807, 2.05) is 0 Å². The second-order valence-electron chi connectivity index (χ2n) is 22.4. The van der Waals surface area contributed by atoms with E-state index in [1.165, 1.54) is 205 Å². The van der Waals surface area contributed by atoms with Gasteiger partial charge in [-0.15, -0.1) is 0 Å². The number of unbranched alkanes of at least 4 members (excludes halogenated alkanes) is 38. The zero-order valence-electron chi connectivity index (χ0n) is 51.2. The van der Waals surface area contributed by atoms with E-state index in [2.05, 4.69) is 93.7 Å². The first-order valence-corrected chi connectivity index (χ1v) is 33.4. The number of ether oxygens (including phenoxy) is 3. The smallest absolute Gasteiger partial charge is 0.306 e. The molecule has 0 aromatic carbocycles. The molecule has 1 unspecified atom stereocenters. The Kier molecular flexibility index (Phi) is 62.7. The van der Waals surface area contributed by atoms with Gasteiger partial charge in [0.1, 0.15) is 13.2 Å². The summed E-state index contributed by atoms with van der Waals surface area (Å²) in [6, 6.07) is 0. The summed E-state index contributed by atoms with van der Waals surface area (Å²) in [4.78, 5) is 38.3. The highest BCUT2D eigenvalue weighted by Crippen LogP contribution is 2.17. The Balaban J connectivity index is 4.22. The lowest BCUT2D eigenvalue weighted by Crippen LogP contribution is -2.30. The zero-order chi connectivity index (χ0) is 55.7. The van der Waals surface area contributed by atoms with Gasteiger partial charge in [0.15, 0.2) is 6.10 Å². The van der Waals surface area contributed by atoms with E-state index in [0.29, 0.717) is 19.3 Å². The largest absolute Gasteiger partial charge is 0.462 e. The van der Waals surface area contributed by atoms with Gasteiger partial charge in [-0.2, -0.15) is 0 Å². The molecule has 0 amide bonds. The minimum atomic E-state index is -0.778. The molecular weight excluding hydrogens is 949 g/mol. The van der Waals surface area contributed by atoms with E-state index < -0.39 is 6.10 Å². The van der Waals surface area contributed by atoms with Gasteiger partial charge < -0.3 is 14.2 Å². The molecule has 0 spiro atoms. The van der Waals surface area contributed by atoms with Crippen molar-refractivity contribution in [3.63, 3.8) is 0 Å². The number of rotatable bonds is 61. The number of allylic oxidation sites excluding steroid dienone is 12. The Labute approximate surface area is 478 Å². The molecule has 446 valence electrons. The maximum Gasteiger partial charge on any atom is 0.306 e. The van der Waals surface area contributed by atoms with E-state index in [1.54, 1.807) is 0 Å². The SMILES string of the molecule is CC/C=C\C/C=C\C/C=C\C/C=C\CCCCCCCCCCC(=O)OC(COC(=O)CCCCCCCCCCCCC)COC(=O)CCCCCCCCCCCCCCCCC/C=C\C/C=C\CCCCCCC. The fraction of sp³-hybridized carbons (Fsp3) is 0.789. The monoisotopic (exact) mass is 1070 g/mol. The zero-order valence-corrected chi connectivity index (χ0v) is 51.2. The van der Waals surface area contributed by atoms with Crippen LogP contribution in [-0.4, -0.2) is 37.2 Å². The predicted molar refractivity (Wildman–Crippen MR) is 335 cm³/mol. The van der Waals surface area contributed by atoms with Crippen LogP contribution in [0.15, 0.2) is 72.9 Å². The van der Waals surface area contributed by atoms with Crippen molar-refractivity contribution in [2.45, 2.75) is 348 Å². The van der Waals surface area contributed by atoms with Crippen LogP contribution in [0.3, 0.4) is 0 Å². The van der Waals surface area contributed by atoms with Gasteiger partial charge in [0.25, 0.3) is 0 Å². The van der Waals surface area contributed by atoms with Crippen molar-refractivity contribution in [3.8, 4) is 0 Å². The van der Waals surface area contributed by atoms with Crippen molar-refractivity contribution in [2.75, 3.05) is 13.2 Å². The highest BCUT2D eigenvalue weighted by atomic mass is 16.6. The topological polar surface area (TPSA) is 78.9 Å². The normalized spacial score (nSPS) is 12.5. The number of hydrogen-bond acceptors (Lipinski definition) is 6. The highest BCUT2D eigenvalue weighted by molar-refractivity contribution is 5.71. The molecule has 0 N–H and O–H groups in total. The van der Waals surface area contributed by atoms with Gasteiger partial charge in [0.2, 0.25) is 0 Å². The van der Waals surface area contributed by atoms with Crippen LogP contribution in [0.2, 0.25) is 0 Å². The Hall–Kier alpha value is -3.15. The molecule has 0 saturated heterocycles. The van der Waals surface area contributed by atoms with Crippen molar-refractivity contribution in [1.82, 2.24) is 0 Å². The molecule has 0 bridgehead atoms. The van der Waals surface area contributed by atoms with Gasteiger partial charge >= 0.3 is 17.9 Å². The molecule has 0 saturated carbocycles. The van der Waals surface area contributed by atoms with Crippen LogP contribution in [0.4, 0.5) is 0 Å². The van der Waals surface area contributed by atoms with Crippen LogP contribution in [-0.2, 0) is 28.6 Å². The highest BCUT2D eigenvalue weighted by Gasteiger charge is 2.19. The summed E-state index contributed by atoms with van der Waals surface area (Å²) >= 11 is 0. The lowest BCUT2D eigenvalue weighted by atomic mass is 10.0. The molecule has 0 rings (SSSR count). The molecular formula is C71H126O6. The molecule has 1 atom stereocenters. The minimum Gasteiger partial charge on any atom is -0.462 e. The fourth-order valence-corrected chi connectivity index (χ4v) is 9.70. The number of hydrogen-bond donors (Lipinski definition) is 0. The van der Waals surface area contributed by atoms with E-state index in [0.717, 1.165) is 96.3 Å². The van der Waals surface area contributed by atoms with Gasteiger partial charge in [-0.25, -0.2) is 0 Å². The van der Waals surface area contributed by atoms with Crippen molar-refractivity contribution in [3.05, 3.63) is 72.9 Å². The Bertz CT molecular complexity index is 1420. The van der Waals surface area contributed by atoms with Crippen LogP contribution < -0.4 is 0 Å². The third-order valence-electron chi connectivity index (χ3n) is 14.7. The third kappa shape index (κ3) is 63.6. The number of carbonyl (C=O) groups is 3. The fourth-order valence-electron chi connectivity index (χ4n) is 9.70. The van der Waals surface area contributed by atoms with Crippen LogP contribution in [0.25, 0.3) is 0 Å². The molecule has 0 fully saturated rings. The maximum absolute atomic E-state index is 12.9. The molecule has 0 aromatic heterocycles. The predicted octanol–water partition coefficient (Wildman–Crippen LogP) is 22.9. The van der Waals surface area contributed by atoms with Gasteiger partial charge in [0.05, 0.1) is 0 Å². The molecule has 0 aliphatic heterocycles. The van der Waals surface area contributed by atoms with Crippen molar-refractivity contribution >= 4 is 17.9 Å². The molecule has 6 heteroatoms. The molecule has 0 heterocycles. The van der Waals surface area contributed by atoms with Gasteiger partial charge in [-0.3, -0.25) is 14.4 Å². The minimum absolute atomic E-state index is 0.0749. The Morgan fingerprint density at radius 1 is 0.273 bits per heavy atom. The van der Waals surface area contributed by atoms with Crippen LogP contribution in [0.5, 0.6) is 0 Å². The number of esters is 3. The van der Waals surface area contributed by atoms with Crippen LogP contribution in [0.1, 0.15) is 342 Å². The Morgan fingerprint density at radius 3 is 0.792 bits per heavy atom. The summed E-state index contributed by atoms with van der Waals surface area (Å²) in [7, 11) is 0. The van der Waals surface area contributed by atoms with Crippen LogP contribution >= 0.6 is 0 Å². The van der Waals surface area contributed by atoms with Crippen molar-refractivity contribution in [1.29, 1.82) is 0 Å². The van der Waals surface area contributed by atoms with Crippen LogP contribution in [0, 0.1) is 0 Å². The summed E-state index contributed by atoms with van der Waals surface area (Å²) in [5.74, 6) is -0.867. The average molecular weight is 1080 g/mol. The molecule has 0 aliphatic rings. The summed E-state index contributed by atoms with van der Waals surface area (Å²) in [5.41, 5.74) is 0. The van der Waals surface area contributed by atoms with E-state index in [9.17, 15) is 14.4 Å². The van der Waals surface area contributed by atoms with E-state index >= 15 is 0 Å². The van der Waals surface area contributed by atoms with E-state index in [-0.39, 0.29) is 31.1 Å². The molecule has 0 aromatic rings. The third-order valence-corrected chi connectivity index (χ3v) is 14.7. The van der Waals surface area contributed by atoms with Crippen molar-refractivity contribution in [2.24, 2.45) is 0 Å². The maximum atomic E-state index is 12.9. The average Bonchev–Trinajstić information content (AvgIpc) is 3.43. The second kappa shape index (κ2) is 65.4. The first-order chi connectivity index (χ1) is 38.0. The standard InChI is InChI=1S/C71H126O6/c1-4-7-10-13-16-19-22-24-26-28-30-32-33-34-35-36-37-39-40-42-44-46-49-52-55-58-61-64-70(73)76-67-68(66-75-69(72)63-60-57-54-51-48-21-18-15-12-9-6-3)77-71(74)65-62-59-56-53-50-47-45-43-41-38-31-29-27-25-23-20-17-14-11-8-5-2/h8,11,17,20,22,24-25,27-28,30-31,38,68H,4-7,9-10,12-16,18-19,21,23,26,29,32-37,39-67H2,1-3H3/b11-8-,20-17-,24-22-,27-25-,30-28-,38-31-. The summed E-state index contributed by atoms with van der Waals surface area (Å²) < 4.78 is 16.9. The number of carbonyl (C=O) groups excluding carboxylic acids is 3. The summed E-state index contributed by atoms with van der Waals surface area (Å²) in [5, 5.41) is 0. The van der Waals surface area contributed by atoms with Gasteiger partial charge in [-0.1, -0.05) is 306 Å². The molecule has 0 aliphatic carbocycles. The molecule has 6 nitrogen and oxygen atoms in total. The summed E-state index contributed by atoms with van der Waals surface area (Å²) in [6.45, 7) is 6.55. The lowest BCUT2D eigenvalue weighted by Gasteiger charge is -2.18. The van der Waals surface area contributed by atoms with E-state index in [4.69, 9.17) is 14.2 Å². The first-order valence-electron chi connectivity index (χ1n) is 33.4. The Morgan fingerprint density at radius 2 is 0.506 bits per heavy atom.